The Kier molecular flexibility index (Phi) is 4.63. The van der Waals surface area contributed by atoms with Crippen LogP contribution in [0.4, 0.5) is 10.1 Å². The molecule has 21 heavy (non-hydrogen) atoms. The molecule has 0 aliphatic heterocycles. The molecule has 0 bridgehead atoms. The summed E-state index contributed by atoms with van der Waals surface area (Å²) >= 11 is 0. The van der Waals surface area contributed by atoms with Gasteiger partial charge in [0.05, 0.1) is 4.90 Å². The Hall–Kier alpha value is -1.88. The topological polar surface area (TPSA) is 46.2 Å². The molecule has 3 nitrogen and oxygen atoms in total. The smallest absolute Gasteiger partial charge is 0.261 e. The fraction of sp³-hybridized carbons (Fsp3) is 0.250. The summed E-state index contributed by atoms with van der Waals surface area (Å²) in [5, 5.41) is 0. The minimum Gasteiger partial charge on any atom is -0.280 e. The molecule has 0 aliphatic rings. The molecule has 2 aromatic rings. The van der Waals surface area contributed by atoms with Gasteiger partial charge in [-0.25, -0.2) is 12.8 Å². The Morgan fingerprint density at radius 3 is 2.10 bits per heavy atom. The molecule has 5 heteroatoms. The lowest BCUT2D eigenvalue weighted by Crippen LogP contribution is -2.13. The zero-order valence-corrected chi connectivity index (χ0v) is 12.8. The van der Waals surface area contributed by atoms with Crippen LogP contribution in [-0.4, -0.2) is 8.42 Å². The van der Waals surface area contributed by atoms with Crippen molar-refractivity contribution in [3.8, 4) is 0 Å². The lowest BCUT2D eigenvalue weighted by atomic mass is 10.0. The van der Waals surface area contributed by atoms with Gasteiger partial charge in [-0.15, -0.1) is 0 Å². The van der Waals surface area contributed by atoms with Crippen molar-refractivity contribution in [2.24, 2.45) is 5.92 Å². The molecule has 0 spiro atoms. The molecular formula is C16H18FNO2S. The minimum absolute atomic E-state index is 0.194. The maximum atomic E-state index is 12.8. The Morgan fingerprint density at radius 1 is 1.00 bits per heavy atom. The summed E-state index contributed by atoms with van der Waals surface area (Å²) < 4.78 is 39.7. The minimum atomic E-state index is -3.64. The summed E-state index contributed by atoms with van der Waals surface area (Å²) in [5.74, 6) is 0.112. The SMILES string of the molecule is CC(C)Cc1ccc(S(=O)(=O)Nc2ccc(F)cc2)cc1. The van der Waals surface area contributed by atoms with Crippen LogP contribution in [0.1, 0.15) is 19.4 Å². The van der Waals surface area contributed by atoms with E-state index in [-0.39, 0.29) is 4.90 Å². The van der Waals surface area contributed by atoms with Gasteiger partial charge in [0, 0.05) is 5.69 Å². The maximum absolute atomic E-state index is 12.8. The van der Waals surface area contributed by atoms with Crippen molar-refractivity contribution < 1.29 is 12.8 Å². The van der Waals surface area contributed by atoms with Crippen LogP contribution in [0.25, 0.3) is 0 Å². The van der Waals surface area contributed by atoms with Crippen LogP contribution in [0.2, 0.25) is 0 Å². The third kappa shape index (κ3) is 4.29. The number of nitrogens with one attached hydrogen (secondary N) is 1. The molecule has 0 fully saturated rings. The van der Waals surface area contributed by atoms with Gasteiger partial charge in [-0.3, -0.25) is 4.72 Å². The highest BCUT2D eigenvalue weighted by Gasteiger charge is 2.14. The first-order chi connectivity index (χ1) is 9.87. The second kappa shape index (κ2) is 6.26. The summed E-state index contributed by atoms with van der Waals surface area (Å²) in [4.78, 5) is 0.194. The molecule has 0 radical (unpaired) electrons. The molecule has 0 amide bonds. The van der Waals surface area contributed by atoms with Crippen LogP contribution in [0.3, 0.4) is 0 Å². The normalized spacial score (nSPS) is 11.6. The van der Waals surface area contributed by atoms with Crippen molar-refractivity contribution in [2.45, 2.75) is 25.2 Å². The van der Waals surface area contributed by atoms with Gasteiger partial charge in [-0.1, -0.05) is 26.0 Å². The van der Waals surface area contributed by atoms with Crippen molar-refractivity contribution in [3.05, 3.63) is 59.9 Å². The first kappa shape index (κ1) is 15.5. The fourth-order valence-corrected chi connectivity index (χ4v) is 3.07. The van der Waals surface area contributed by atoms with E-state index in [0.29, 0.717) is 11.6 Å². The van der Waals surface area contributed by atoms with E-state index in [2.05, 4.69) is 18.6 Å². The Balaban J connectivity index is 2.17. The van der Waals surface area contributed by atoms with Crippen LogP contribution in [0.15, 0.2) is 53.4 Å². The number of anilines is 1. The van der Waals surface area contributed by atoms with Crippen LogP contribution in [-0.2, 0) is 16.4 Å². The van der Waals surface area contributed by atoms with Crippen molar-refractivity contribution >= 4 is 15.7 Å². The number of hydrogen-bond donors (Lipinski definition) is 1. The summed E-state index contributed by atoms with van der Waals surface area (Å²) in [5.41, 5.74) is 1.44. The first-order valence-corrected chi connectivity index (χ1v) is 8.22. The van der Waals surface area contributed by atoms with Gasteiger partial charge in [0.15, 0.2) is 0 Å². The molecular weight excluding hydrogens is 289 g/mol. The van der Waals surface area contributed by atoms with E-state index < -0.39 is 15.8 Å². The van der Waals surface area contributed by atoms with Gasteiger partial charge in [-0.2, -0.15) is 0 Å². The van der Waals surface area contributed by atoms with Crippen molar-refractivity contribution in [3.63, 3.8) is 0 Å². The van der Waals surface area contributed by atoms with E-state index in [1.165, 1.54) is 24.3 Å². The van der Waals surface area contributed by atoms with E-state index >= 15 is 0 Å². The van der Waals surface area contributed by atoms with Crippen LogP contribution in [0.5, 0.6) is 0 Å². The number of hydrogen-bond acceptors (Lipinski definition) is 2. The lowest BCUT2D eigenvalue weighted by molar-refractivity contribution is 0.601. The average molecular weight is 307 g/mol. The maximum Gasteiger partial charge on any atom is 0.261 e. The second-order valence-electron chi connectivity index (χ2n) is 5.35. The van der Waals surface area contributed by atoms with Gasteiger partial charge in [0.2, 0.25) is 0 Å². The molecule has 1 N–H and O–H groups in total. The van der Waals surface area contributed by atoms with Crippen LogP contribution >= 0.6 is 0 Å². The van der Waals surface area contributed by atoms with Gasteiger partial charge >= 0.3 is 0 Å². The Labute approximate surface area is 124 Å². The average Bonchev–Trinajstić information content (AvgIpc) is 2.41. The zero-order valence-electron chi connectivity index (χ0n) is 12.0. The summed E-state index contributed by atoms with van der Waals surface area (Å²) in [6.07, 6.45) is 0.908. The van der Waals surface area contributed by atoms with Gasteiger partial charge in [0.1, 0.15) is 5.82 Å². The van der Waals surface area contributed by atoms with E-state index in [1.54, 1.807) is 12.1 Å². The van der Waals surface area contributed by atoms with Gasteiger partial charge in [0.25, 0.3) is 10.0 Å². The highest BCUT2D eigenvalue weighted by molar-refractivity contribution is 7.92. The zero-order chi connectivity index (χ0) is 15.5. The highest BCUT2D eigenvalue weighted by Crippen LogP contribution is 2.18. The van der Waals surface area contributed by atoms with Crippen LogP contribution in [0, 0.1) is 11.7 Å². The van der Waals surface area contributed by atoms with Gasteiger partial charge < -0.3 is 0 Å². The van der Waals surface area contributed by atoms with E-state index in [4.69, 9.17) is 0 Å². The quantitative estimate of drug-likeness (QED) is 0.912. The molecule has 0 aromatic heterocycles. The van der Waals surface area contributed by atoms with E-state index in [0.717, 1.165) is 12.0 Å². The number of sulfonamides is 1. The summed E-state index contributed by atoms with van der Waals surface area (Å²) in [7, 11) is -3.64. The van der Waals surface area contributed by atoms with E-state index in [1.807, 2.05) is 12.1 Å². The molecule has 0 unspecified atom stereocenters. The molecule has 2 rings (SSSR count). The van der Waals surface area contributed by atoms with Crippen molar-refractivity contribution in [1.82, 2.24) is 0 Å². The number of rotatable bonds is 5. The lowest BCUT2D eigenvalue weighted by Gasteiger charge is -2.09. The third-order valence-electron chi connectivity index (χ3n) is 2.97. The molecule has 2 aromatic carbocycles. The number of benzene rings is 2. The molecule has 0 saturated heterocycles. The second-order valence-corrected chi connectivity index (χ2v) is 7.04. The molecule has 0 heterocycles. The molecule has 0 saturated carbocycles. The summed E-state index contributed by atoms with van der Waals surface area (Å²) in [6, 6.07) is 12.0. The standard InChI is InChI=1S/C16H18FNO2S/c1-12(2)11-13-3-9-16(10-4-13)21(19,20)18-15-7-5-14(17)6-8-15/h3-10,12,18H,11H2,1-2H3. The third-order valence-corrected chi connectivity index (χ3v) is 4.37. The van der Waals surface area contributed by atoms with Crippen LogP contribution < -0.4 is 4.72 Å². The molecule has 0 atom stereocenters. The fourth-order valence-electron chi connectivity index (χ4n) is 2.01. The largest absolute Gasteiger partial charge is 0.280 e. The predicted molar refractivity (Wildman–Crippen MR) is 82.2 cm³/mol. The van der Waals surface area contributed by atoms with Crippen molar-refractivity contribution in [2.75, 3.05) is 4.72 Å². The highest BCUT2D eigenvalue weighted by atomic mass is 32.2. The summed E-state index contributed by atoms with van der Waals surface area (Å²) in [6.45, 7) is 4.22. The molecule has 0 aliphatic carbocycles. The van der Waals surface area contributed by atoms with E-state index in [9.17, 15) is 12.8 Å². The van der Waals surface area contributed by atoms with Crippen molar-refractivity contribution in [1.29, 1.82) is 0 Å². The molecule has 112 valence electrons. The number of halogens is 1. The first-order valence-electron chi connectivity index (χ1n) is 6.74. The monoisotopic (exact) mass is 307 g/mol. The van der Waals surface area contributed by atoms with Gasteiger partial charge in [-0.05, 0) is 54.3 Å². The predicted octanol–water partition coefficient (Wildman–Crippen LogP) is 3.83. The Bertz CT molecular complexity index is 692. The Morgan fingerprint density at radius 2 is 1.57 bits per heavy atom.